The zero-order valence-electron chi connectivity index (χ0n) is 10.00. The number of hydrogen-bond donors (Lipinski definition) is 3. The first-order valence-corrected chi connectivity index (χ1v) is 5.83. The molecule has 0 saturated carbocycles. The quantitative estimate of drug-likeness (QED) is 0.478. The minimum absolute atomic E-state index is 0.0719. The van der Waals surface area contributed by atoms with Gasteiger partial charge in [0, 0.05) is 0 Å². The predicted octanol–water partition coefficient (Wildman–Crippen LogP) is -2.60. The third-order valence-corrected chi connectivity index (χ3v) is 3.28. The van der Waals surface area contributed by atoms with Gasteiger partial charge in [-0.15, -0.1) is 0 Å². The Bertz CT molecular complexity index is 536. The van der Waals surface area contributed by atoms with E-state index in [9.17, 15) is 19.4 Å². The van der Waals surface area contributed by atoms with Crippen LogP contribution in [-0.4, -0.2) is 81.6 Å². The molecule has 3 N–H and O–H groups in total. The van der Waals surface area contributed by atoms with Gasteiger partial charge in [-0.25, -0.2) is 0 Å². The lowest BCUT2D eigenvalue weighted by atomic mass is 10.1. The van der Waals surface area contributed by atoms with E-state index in [0.717, 1.165) is 11.2 Å². The molecule has 3 aliphatic heterocycles. The van der Waals surface area contributed by atoms with Gasteiger partial charge < -0.3 is 20.1 Å². The highest BCUT2D eigenvalue weighted by molar-refractivity contribution is 6.21. The smallest absolute Gasteiger partial charge is 0.313 e. The van der Waals surface area contributed by atoms with E-state index in [-0.39, 0.29) is 5.84 Å². The van der Waals surface area contributed by atoms with E-state index in [4.69, 9.17) is 9.84 Å². The average molecular weight is 286 g/mol. The highest BCUT2D eigenvalue weighted by atomic mass is 19.1. The number of nitrogens with zero attached hydrogens (tertiary/aromatic N) is 4. The molecule has 9 nitrogen and oxygen atoms in total. The van der Waals surface area contributed by atoms with Crippen molar-refractivity contribution in [2.75, 3.05) is 6.61 Å². The fraction of sp³-hybridized carbons (Fsp3) is 0.600. The minimum atomic E-state index is -1.36. The molecular formula is C10H11FN4O5. The molecule has 0 radical (unpaired) electrons. The first-order valence-electron chi connectivity index (χ1n) is 5.83. The SMILES string of the molecule is O=C1N=C(F)N=C2C1N=CN2C1OC(CO)C(O)C1O. The molecule has 5 atom stereocenters. The monoisotopic (exact) mass is 286 g/mol. The van der Waals surface area contributed by atoms with Crippen LogP contribution in [0.3, 0.4) is 0 Å². The van der Waals surface area contributed by atoms with Crippen LogP contribution in [0.5, 0.6) is 0 Å². The summed E-state index contributed by atoms with van der Waals surface area (Å²) in [6.07, 6.45) is -4.82. The lowest BCUT2D eigenvalue weighted by Gasteiger charge is -2.26. The van der Waals surface area contributed by atoms with Crippen LogP contribution in [-0.2, 0) is 9.53 Å². The zero-order chi connectivity index (χ0) is 14.4. The van der Waals surface area contributed by atoms with Crippen molar-refractivity contribution in [2.24, 2.45) is 15.0 Å². The summed E-state index contributed by atoms with van der Waals surface area (Å²) in [7, 11) is 0. The van der Waals surface area contributed by atoms with Crippen LogP contribution < -0.4 is 0 Å². The van der Waals surface area contributed by atoms with Crippen LogP contribution in [0.4, 0.5) is 4.39 Å². The van der Waals surface area contributed by atoms with Gasteiger partial charge in [0.25, 0.3) is 5.91 Å². The molecule has 0 bridgehead atoms. The van der Waals surface area contributed by atoms with E-state index in [1.165, 1.54) is 0 Å². The first-order chi connectivity index (χ1) is 9.52. The van der Waals surface area contributed by atoms with Crippen molar-refractivity contribution in [2.45, 2.75) is 30.6 Å². The zero-order valence-corrected chi connectivity index (χ0v) is 10.00. The first kappa shape index (κ1) is 13.2. The normalized spacial score (nSPS) is 39.9. The number of rotatable bonds is 2. The van der Waals surface area contributed by atoms with Gasteiger partial charge in [-0.05, 0) is 0 Å². The van der Waals surface area contributed by atoms with Crippen molar-refractivity contribution in [1.82, 2.24) is 4.90 Å². The number of carbonyl (C=O) groups excluding carboxylic acids is 1. The van der Waals surface area contributed by atoms with Crippen molar-refractivity contribution in [3.63, 3.8) is 0 Å². The molecule has 0 aromatic heterocycles. The second-order valence-corrected chi connectivity index (χ2v) is 4.49. The van der Waals surface area contributed by atoms with Crippen LogP contribution in [0, 0.1) is 0 Å². The molecule has 1 fully saturated rings. The van der Waals surface area contributed by atoms with Crippen LogP contribution in [0.15, 0.2) is 15.0 Å². The fourth-order valence-corrected chi connectivity index (χ4v) is 2.28. The Kier molecular flexibility index (Phi) is 3.09. The van der Waals surface area contributed by atoms with E-state index in [1.54, 1.807) is 0 Å². The highest BCUT2D eigenvalue weighted by Crippen LogP contribution is 2.27. The van der Waals surface area contributed by atoms with Gasteiger partial charge in [-0.2, -0.15) is 14.4 Å². The van der Waals surface area contributed by atoms with E-state index in [0.29, 0.717) is 0 Å². The molecule has 108 valence electrons. The van der Waals surface area contributed by atoms with E-state index >= 15 is 0 Å². The second-order valence-electron chi connectivity index (χ2n) is 4.49. The Morgan fingerprint density at radius 3 is 2.75 bits per heavy atom. The molecular weight excluding hydrogens is 275 g/mol. The predicted molar refractivity (Wildman–Crippen MR) is 62.9 cm³/mol. The van der Waals surface area contributed by atoms with Crippen molar-refractivity contribution in [3.05, 3.63) is 0 Å². The number of aliphatic hydroxyl groups is 3. The lowest BCUT2D eigenvalue weighted by molar-refractivity contribution is -0.117. The van der Waals surface area contributed by atoms with Gasteiger partial charge in [0.2, 0.25) is 0 Å². The van der Waals surface area contributed by atoms with E-state index in [1.807, 2.05) is 0 Å². The largest absolute Gasteiger partial charge is 0.394 e. The maximum absolute atomic E-state index is 13.1. The van der Waals surface area contributed by atoms with Crippen LogP contribution in [0.2, 0.25) is 0 Å². The van der Waals surface area contributed by atoms with Gasteiger partial charge in [0.1, 0.15) is 18.3 Å². The summed E-state index contributed by atoms with van der Waals surface area (Å²) in [5.41, 5.74) is 0. The van der Waals surface area contributed by atoms with Crippen molar-refractivity contribution in [3.8, 4) is 0 Å². The maximum Gasteiger partial charge on any atom is 0.313 e. The van der Waals surface area contributed by atoms with Crippen molar-refractivity contribution >= 4 is 24.2 Å². The summed E-state index contributed by atoms with van der Waals surface area (Å²) in [4.78, 5) is 23.0. The van der Waals surface area contributed by atoms with E-state index < -0.39 is 49.2 Å². The number of aliphatic hydroxyl groups excluding tert-OH is 3. The van der Waals surface area contributed by atoms with Gasteiger partial charge in [0.05, 0.1) is 12.9 Å². The van der Waals surface area contributed by atoms with Gasteiger partial charge in [-0.3, -0.25) is 14.7 Å². The fourth-order valence-electron chi connectivity index (χ4n) is 2.28. The summed E-state index contributed by atoms with van der Waals surface area (Å²) >= 11 is 0. The summed E-state index contributed by atoms with van der Waals surface area (Å²) in [5.74, 6) is -0.879. The number of halogens is 1. The molecule has 10 heteroatoms. The standard InChI is InChI=1S/C10H11FN4O5/c11-10-13-7-4(8(19)14-10)12-2-15(7)9-6(18)5(17)3(1-16)20-9/h2-6,9,16-18H,1H2. The molecule has 0 aromatic rings. The third-order valence-electron chi connectivity index (χ3n) is 3.28. The highest BCUT2D eigenvalue weighted by Gasteiger charge is 2.49. The van der Waals surface area contributed by atoms with Gasteiger partial charge in [-0.1, -0.05) is 0 Å². The molecule has 3 heterocycles. The van der Waals surface area contributed by atoms with Crippen LogP contribution >= 0.6 is 0 Å². The molecule has 20 heavy (non-hydrogen) atoms. The Balaban J connectivity index is 1.87. The van der Waals surface area contributed by atoms with E-state index in [2.05, 4.69) is 15.0 Å². The van der Waals surface area contributed by atoms with Crippen molar-refractivity contribution in [1.29, 1.82) is 0 Å². The molecule has 3 aliphatic rings. The summed E-state index contributed by atoms with van der Waals surface area (Å²) in [6.45, 7) is -0.496. The summed E-state index contributed by atoms with van der Waals surface area (Å²) in [5, 5.41) is 28.6. The van der Waals surface area contributed by atoms with Gasteiger partial charge in [0.15, 0.2) is 18.1 Å². The second kappa shape index (κ2) is 4.66. The number of amides is 1. The number of aliphatic imine (C=N–C) groups is 3. The molecule has 5 unspecified atom stereocenters. The maximum atomic E-state index is 13.1. The molecule has 0 aromatic carbocycles. The van der Waals surface area contributed by atoms with Gasteiger partial charge >= 0.3 is 6.09 Å². The Morgan fingerprint density at radius 2 is 2.10 bits per heavy atom. The number of ether oxygens (including phenoxy) is 1. The Morgan fingerprint density at radius 1 is 1.35 bits per heavy atom. The number of fused-ring (bicyclic) bond motifs is 1. The molecule has 0 spiro atoms. The minimum Gasteiger partial charge on any atom is -0.394 e. The van der Waals surface area contributed by atoms with Crippen LogP contribution in [0.25, 0.3) is 0 Å². The average Bonchev–Trinajstić information content (AvgIpc) is 2.93. The topological polar surface area (TPSA) is 127 Å². The Labute approximate surface area is 111 Å². The number of amidine groups is 2. The summed E-state index contributed by atoms with van der Waals surface area (Å²) < 4.78 is 18.4. The molecule has 1 saturated heterocycles. The molecule has 1 amide bonds. The molecule has 0 aliphatic carbocycles. The summed E-state index contributed by atoms with van der Waals surface area (Å²) in [6, 6.07) is -1.07. The van der Waals surface area contributed by atoms with Crippen molar-refractivity contribution < 1.29 is 29.2 Å². The number of hydrogen-bond acceptors (Lipinski definition) is 8. The van der Waals surface area contributed by atoms with Crippen LogP contribution in [0.1, 0.15) is 0 Å². The lowest BCUT2D eigenvalue weighted by Crippen LogP contribution is -2.48. The molecule has 3 rings (SSSR count). The Hall–Kier alpha value is -1.75. The number of carbonyl (C=O) groups is 1. The third kappa shape index (κ3) is 1.85.